The molecule has 3 fully saturated rings. The molecule has 39 heavy (non-hydrogen) atoms. The Bertz CT molecular complexity index is 992. The van der Waals surface area contributed by atoms with Crippen LogP contribution in [-0.4, -0.2) is 28.8 Å². The second-order valence-corrected chi connectivity index (χ2v) is 24.7. The molecule has 4 rings (SSSR count). The summed E-state index contributed by atoms with van der Waals surface area (Å²) in [4.78, 5) is 0. The molecule has 0 aliphatic heterocycles. The summed E-state index contributed by atoms with van der Waals surface area (Å²) >= 11 is 0. The van der Waals surface area contributed by atoms with Crippen molar-refractivity contribution < 1.29 is 8.85 Å². The van der Waals surface area contributed by atoms with Gasteiger partial charge in [-0.15, -0.1) is 0 Å². The average Bonchev–Trinajstić information content (AvgIpc) is 3.23. The summed E-state index contributed by atoms with van der Waals surface area (Å²) in [7, 11) is -3.73. The zero-order chi connectivity index (χ0) is 29.0. The fraction of sp³-hybridized carbons (Fsp3) is 0.829. The lowest BCUT2D eigenvalue weighted by Gasteiger charge is -2.59. The smallest absolute Gasteiger partial charge is 0.192 e. The summed E-state index contributed by atoms with van der Waals surface area (Å²) < 4.78 is 14.9. The van der Waals surface area contributed by atoms with E-state index in [0.717, 1.165) is 12.8 Å². The molecule has 0 bridgehead atoms. The first kappa shape index (κ1) is 31.5. The molecule has 4 aliphatic rings. The van der Waals surface area contributed by atoms with Crippen LogP contribution in [0.2, 0.25) is 36.3 Å². The van der Waals surface area contributed by atoms with Crippen LogP contribution < -0.4 is 0 Å². The summed E-state index contributed by atoms with van der Waals surface area (Å²) in [6, 6.07) is 3.66. The third-order valence-electron chi connectivity index (χ3n) is 13.6. The first-order valence-electron chi connectivity index (χ1n) is 16.6. The Hall–Kier alpha value is -0.426. The van der Waals surface area contributed by atoms with Crippen molar-refractivity contribution in [2.45, 2.75) is 156 Å². The lowest BCUT2D eigenvalue weighted by Crippen LogP contribution is -2.58. The van der Waals surface area contributed by atoms with Crippen molar-refractivity contribution in [3.8, 4) is 0 Å². The van der Waals surface area contributed by atoms with Crippen LogP contribution >= 0.6 is 0 Å². The summed E-state index contributed by atoms with van der Waals surface area (Å²) in [6.07, 6.45) is 15.5. The number of rotatable bonds is 9. The molecule has 0 radical (unpaired) electrons. The van der Waals surface area contributed by atoms with Gasteiger partial charge in [0.15, 0.2) is 16.6 Å². The molecule has 0 spiro atoms. The molecular formula is C35H62O2Si2. The minimum atomic E-state index is -1.94. The fourth-order valence-electron chi connectivity index (χ4n) is 9.16. The van der Waals surface area contributed by atoms with Gasteiger partial charge in [-0.05, 0) is 105 Å². The second-order valence-electron chi connectivity index (χ2n) is 15.5. The number of hydrogen-bond acceptors (Lipinski definition) is 2. The SMILES string of the molecule is C/C=C1/CC[C@H]2C3=CC=C4C[C@@H](O[Si](C)(C)C(C)(C)C(C)C)C[C@H](O[Si](CC)(CC)CC)[C@]4(C)[C@H]3CC[C@]12C. The van der Waals surface area contributed by atoms with Crippen molar-refractivity contribution in [1.29, 1.82) is 0 Å². The van der Waals surface area contributed by atoms with Gasteiger partial charge in [-0.1, -0.05) is 97.3 Å². The van der Waals surface area contributed by atoms with E-state index >= 15 is 0 Å². The first-order chi connectivity index (χ1) is 18.2. The van der Waals surface area contributed by atoms with Gasteiger partial charge in [0.1, 0.15) is 0 Å². The molecule has 2 nitrogen and oxygen atoms in total. The monoisotopic (exact) mass is 570 g/mol. The minimum absolute atomic E-state index is 0.0982. The zero-order valence-corrected chi connectivity index (χ0v) is 29.8. The second kappa shape index (κ2) is 11.0. The normalized spacial score (nSPS) is 36.4. The third kappa shape index (κ3) is 4.99. The van der Waals surface area contributed by atoms with Crippen LogP contribution in [0, 0.1) is 28.6 Å². The van der Waals surface area contributed by atoms with Crippen molar-refractivity contribution in [1.82, 2.24) is 0 Å². The molecule has 6 atom stereocenters. The van der Waals surface area contributed by atoms with E-state index in [-0.39, 0.29) is 22.7 Å². The van der Waals surface area contributed by atoms with Gasteiger partial charge in [0, 0.05) is 5.41 Å². The number of hydrogen-bond donors (Lipinski definition) is 0. The lowest BCUT2D eigenvalue weighted by molar-refractivity contribution is -0.0376. The van der Waals surface area contributed by atoms with Gasteiger partial charge >= 0.3 is 0 Å². The van der Waals surface area contributed by atoms with Crippen LogP contribution in [0.4, 0.5) is 0 Å². The topological polar surface area (TPSA) is 18.5 Å². The third-order valence-corrected chi connectivity index (χ3v) is 22.8. The molecule has 0 aromatic rings. The van der Waals surface area contributed by atoms with E-state index in [4.69, 9.17) is 8.85 Å². The van der Waals surface area contributed by atoms with Crippen LogP contribution in [0.1, 0.15) is 108 Å². The van der Waals surface area contributed by atoms with E-state index in [1.807, 2.05) is 0 Å². The Balaban J connectivity index is 1.74. The molecule has 0 heterocycles. The van der Waals surface area contributed by atoms with Crippen LogP contribution in [0.3, 0.4) is 0 Å². The van der Waals surface area contributed by atoms with Crippen molar-refractivity contribution in [3.63, 3.8) is 0 Å². The molecule has 0 N–H and O–H groups in total. The molecule has 3 saturated carbocycles. The molecule has 0 aromatic heterocycles. The van der Waals surface area contributed by atoms with Gasteiger partial charge in [-0.2, -0.15) is 0 Å². The lowest BCUT2D eigenvalue weighted by atomic mass is 9.50. The molecule has 0 unspecified atom stereocenters. The van der Waals surface area contributed by atoms with Gasteiger partial charge in [-0.25, -0.2) is 0 Å². The van der Waals surface area contributed by atoms with Gasteiger partial charge in [0.2, 0.25) is 0 Å². The summed E-state index contributed by atoms with van der Waals surface area (Å²) in [5.74, 6) is 1.94. The minimum Gasteiger partial charge on any atom is -0.414 e. The van der Waals surface area contributed by atoms with Crippen LogP contribution in [0.25, 0.3) is 0 Å². The standard InChI is InChI=1S/C35H62O2Si2/c1-13-26-18-20-30-29-19-17-27-23-28(36-38(11,12)33(7,8)25(5)6)24-32(37-39(14-2,15-3)16-4)35(27,10)31(29)21-22-34(26,30)9/h13,17,19,25,28,30-32H,14-16,18,20-24H2,1-12H3/b26-13-/t28-,30+,31+,32+,34-,35+/m1/s1. The maximum atomic E-state index is 7.60. The van der Waals surface area contributed by atoms with E-state index in [9.17, 15) is 0 Å². The summed E-state index contributed by atoms with van der Waals surface area (Å²) in [5, 5.41) is 0.230. The largest absolute Gasteiger partial charge is 0.414 e. The Labute approximate surface area is 244 Å². The number of fused-ring (bicyclic) bond motifs is 5. The van der Waals surface area contributed by atoms with Crippen molar-refractivity contribution >= 4 is 16.6 Å². The van der Waals surface area contributed by atoms with E-state index in [1.54, 1.807) is 16.7 Å². The van der Waals surface area contributed by atoms with E-state index in [1.165, 1.54) is 43.8 Å². The van der Waals surface area contributed by atoms with Gasteiger partial charge in [0.25, 0.3) is 0 Å². The Morgan fingerprint density at radius 3 is 2.21 bits per heavy atom. The van der Waals surface area contributed by atoms with Gasteiger partial charge < -0.3 is 8.85 Å². The van der Waals surface area contributed by atoms with Crippen molar-refractivity contribution in [3.05, 3.63) is 34.9 Å². The van der Waals surface area contributed by atoms with Gasteiger partial charge in [-0.3, -0.25) is 0 Å². The van der Waals surface area contributed by atoms with E-state index in [2.05, 4.69) is 101 Å². The maximum absolute atomic E-state index is 7.60. The molecule has 0 saturated heterocycles. The molecule has 4 heteroatoms. The quantitative estimate of drug-likeness (QED) is 0.203. The fourth-order valence-corrected chi connectivity index (χ4v) is 14.8. The Morgan fingerprint density at radius 2 is 1.64 bits per heavy atom. The molecule has 222 valence electrons. The predicted molar refractivity (Wildman–Crippen MR) is 174 cm³/mol. The highest BCUT2D eigenvalue weighted by atomic mass is 28.4. The Morgan fingerprint density at radius 1 is 1.00 bits per heavy atom. The molecule has 0 amide bonds. The van der Waals surface area contributed by atoms with Crippen LogP contribution in [-0.2, 0) is 8.85 Å². The zero-order valence-electron chi connectivity index (χ0n) is 27.8. The summed E-state index contributed by atoms with van der Waals surface area (Å²) in [5.41, 5.74) is 5.56. The molecule has 4 aliphatic carbocycles. The average molecular weight is 571 g/mol. The van der Waals surface area contributed by atoms with Crippen molar-refractivity contribution in [2.75, 3.05) is 0 Å². The first-order valence-corrected chi connectivity index (χ1v) is 22.0. The highest BCUT2D eigenvalue weighted by Crippen LogP contribution is 2.65. The number of allylic oxidation sites excluding steroid dienone is 5. The summed E-state index contributed by atoms with van der Waals surface area (Å²) in [6.45, 7) is 29.2. The molecule has 0 aromatic carbocycles. The van der Waals surface area contributed by atoms with Crippen molar-refractivity contribution in [2.24, 2.45) is 28.6 Å². The van der Waals surface area contributed by atoms with E-state index in [0.29, 0.717) is 23.2 Å². The maximum Gasteiger partial charge on any atom is 0.192 e. The Kier molecular flexibility index (Phi) is 8.89. The molecular weight excluding hydrogens is 509 g/mol. The van der Waals surface area contributed by atoms with Crippen LogP contribution in [0.15, 0.2) is 34.9 Å². The van der Waals surface area contributed by atoms with E-state index < -0.39 is 16.6 Å². The highest BCUT2D eigenvalue weighted by molar-refractivity contribution is 6.74. The highest BCUT2D eigenvalue weighted by Gasteiger charge is 2.59. The van der Waals surface area contributed by atoms with Crippen LogP contribution in [0.5, 0.6) is 0 Å². The predicted octanol–water partition coefficient (Wildman–Crippen LogP) is 10.8. The van der Waals surface area contributed by atoms with Gasteiger partial charge in [0.05, 0.1) is 12.2 Å².